The first-order chi connectivity index (χ1) is 14.7. The zero-order valence-electron chi connectivity index (χ0n) is 19.5. The summed E-state index contributed by atoms with van der Waals surface area (Å²) in [4.78, 5) is 0. The molecule has 1 aromatic carbocycles. The van der Waals surface area contributed by atoms with Crippen LogP contribution in [0.3, 0.4) is 0 Å². The average molecular weight is 411 g/mol. The maximum atomic E-state index is 15.2. The number of halogens is 1. The van der Waals surface area contributed by atoms with Crippen LogP contribution >= 0.6 is 0 Å². The van der Waals surface area contributed by atoms with Crippen LogP contribution in [-0.2, 0) is 12.8 Å². The van der Waals surface area contributed by atoms with E-state index in [0.717, 1.165) is 35.7 Å². The number of allylic oxidation sites excluding steroid dienone is 2. The summed E-state index contributed by atoms with van der Waals surface area (Å²) in [6.45, 7) is 4.40. The highest BCUT2D eigenvalue weighted by Gasteiger charge is 2.36. The Kier molecular flexibility index (Phi) is 7.71. The third-order valence-electron chi connectivity index (χ3n) is 8.75. The predicted molar refractivity (Wildman–Crippen MR) is 126 cm³/mol. The van der Waals surface area contributed by atoms with E-state index in [4.69, 9.17) is 0 Å². The smallest absolute Gasteiger partial charge is 0.126 e. The molecule has 0 aromatic heterocycles. The zero-order valence-corrected chi connectivity index (χ0v) is 19.5. The summed E-state index contributed by atoms with van der Waals surface area (Å²) in [5.74, 6) is 4.03. The summed E-state index contributed by atoms with van der Waals surface area (Å²) in [5, 5.41) is 0. The lowest BCUT2D eigenvalue weighted by atomic mass is 9.63. The Morgan fingerprint density at radius 1 is 0.933 bits per heavy atom. The molecule has 30 heavy (non-hydrogen) atoms. The fourth-order valence-corrected chi connectivity index (χ4v) is 6.96. The van der Waals surface area contributed by atoms with E-state index >= 15 is 4.39 Å². The van der Waals surface area contributed by atoms with Gasteiger partial charge in [-0.05, 0) is 123 Å². The third kappa shape index (κ3) is 5.20. The second kappa shape index (κ2) is 10.5. The number of hydrogen-bond donors (Lipinski definition) is 0. The van der Waals surface area contributed by atoms with Gasteiger partial charge in [0.05, 0.1) is 0 Å². The van der Waals surface area contributed by atoms with Gasteiger partial charge < -0.3 is 0 Å². The summed E-state index contributed by atoms with van der Waals surface area (Å²) < 4.78 is 15.2. The molecule has 0 heterocycles. The van der Waals surface area contributed by atoms with Crippen molar-refractivity contribution in [3.8, 4) is 0 Å². The molecule has 0 saturated heterocycles. The quantitative estimate of drug-likeness (QED) is 0.394. The van der Waals surface area contributed by atoms with Gasteiger partial charge in [-0.1, -0.05) is 50.8 Å². The van der Waals surface area contributed by atoms with Crippen molar-refractivity contribution >= 4 is 0 Å². The van der Waals surface area contributed by atoms with E-state index in [2.05, 4.69) is 32.1 Å². The van der Waals surface area contributed by atoms with Crippen molar-refractivity contribution in [2.45, 2.75) is 110 Å². The molecule has 3 aliphatic carbocycles. The lowest BCUT2D eigenvalue weighted by Gasteiger charge is -2.42. The van der Waals surface area contributed by atoms with Crippen LogP contribution in [0, 0.1) is 29.5 Å². The van der Waals surface area contributed by atoms with Crippen LogP contribution in [0.15, 0.2) is 24.3 Å². The highest BCUT2D eigenvalue weighted by atomic mass is 19.1. The molecular weight excluding hydrogens is 367 g/mol. The van der Waals surface area contributed by atoms with Crippen molar-refractivity contribution in [1.29, 1.82) is 0 Å². The molecule has 4 rings (SSSR count). The second-order valence-electron chi connectivity index (χ2n) is 10.7. The van der Waals surface area contributed by atoms with Crippen LogP contribution in [0.1, 0.15) is 114 Å². The van der Waals surface area contributed by atoms with Crippen LogP contribution in [0.5, 0.6) is 0 Å². The van der Waals surface area contributed by atoms with Gasteiger partial charge in [-0.2, -0.15) is 0 Å². The molecule has 2 saturated carbocycles. The molecule has 1 aromatic rings. The Labute approximate surface area is 184 Å². The van der Waals surface area contributed by atoms with Crippen molar-refractivity contribution in [3.05, 3.63) is 46.8 Å². The van der Waals surface area contributed by atoms with Crippen LogP contribution in [-0.4, -0.2) is 0 Å². The Morgan fingerprint density at radius 3 is 2.60 bits per heavy atom. The van der Waals surface area contributed by atoms with E-state index in [9.17, 15) is 0 Å². The van der Waals surface area contributed by atoms with Gasteiger partial charge >= 0.3 is 0 Å². The topological polar surface area (TPSA) is 0 Å². The van der Waals surface area contributed by atoms with E-state index < -0.39 is 0 Å². The number of unbranched alkanes of at least 4 members (excludes halogenated alkanes) is 1. The monoisotopic (exact) mass is 410 g/mol. The van der Waals surface area contributed by atoms with Crippen molar-refractivity contribution in [2.75, 3.05) is 0 Å². The van der Waals surface area contributed by atoms with Gasteiger partial charge in [0.25, 0.3) is 0 Å². The van der Waals surface area contributed by atoms with E-state index in [1.807, 2.05) is 6.07 Å². The van der Waals surface area contributed by atoms with E-state index in [0.29, 0.717) is 5.92 Å². The van der Waals surface area contributed by atoms with Crippen LogP contribution in [0.25, 0.3) is 0 Å². The SMILES string of the molecule is C/C=C/CCC1CCC2CC(c3cc4c(cc3F)CC(CCCC)CC4)CCC2C1. The summed E-state index contributed by atoms with van der Waals surface area (Å²) in [6, 6.07) is 4.24. The van der Waals surface area contributed by atoms with Gasteiger partial charge in [-0.25, -0.2) is 4.39 Å². The first-order valence-electron chi connectivity index (χ1n) is 13.1. The van der Waals surface area contributed by atoms with Crippen LogP contribution < -0.4 is 0 Å². The Balaban J connectivity index is 1.37. The fourth-order valence-electron chi connectivity index (χ4n) is 6.96. The lowest BCUT2D eigenvalue weighted by molar-refractivity contribution is 0.114. The van der Waals surface area contributed by atoms with Crippen molar-refractivity contribution in [2.24, 2.45) is 23.7 Å². The Morgan fingerprint density at radius 2 is 1.77 bits per heavy atom. The molecular formula is C29H43F. The molecule has 0 nitrogen and oxygen atoms in total. The molecule has 166 valence electrons. The summed E-state index contributed by atoms with van der Waals surface area (Å²) >= 11 is 0. The molecule has 0 spiro atoms. The second-order valence-corrected chi connectivity index (χ2v) is 10.7. The maximum Gasteiger partial charge on any atom is 0.126 e. The summed E-state index contributed by atoms with van der Waals surface area (Å²) in [7, 11) is 0. The number of aryl methyl sites for hydroxylation is 1. The molecule has 5 unspecified atom stereocenters. The molecule has 3 aliphatic rings. The molecule has 0 amide bonds. The van der Waals surface area contributed by atoms with Gasteiger partial charge in [0.1, 0.15) is 5.82 Å². The fraction of sp³-hybridized carbons (Fsp3) is 0.724. The lowest BCUT2D eigenvalue weighted by Crippen LogP contribution is -2.30. The Hall–Kier alpha value is -1.11. The standard InChI is InChI=1S/C29H43F/c1-3-5-7-9-22-10-12-24-18-26(15-14-23(24)16-22)28-19-25-13-11-21(8-6-4-2)17-27(25)20-29(28)30/h3,5,19-24,26H,4,6-18H2,1-2H3/b5-3+. The largest absolute Gasteiger partial charge is 0.207 e. The minimum absolute atomic E-state index is 0.105. The van der Waals surface area contributed by atoms with E-state index in [1.165, 1.54) is 94.6 Å². The predicted octanol–water partition coefficient (Wildman–Crippen LogP) is 8.78. The van der Waals surface area contributed by atoms with Gasteiger partial charge in [0.15, 0.2) is 0 Å². The number of rotatable bonds is 7. The third-order valence-corrected chi connectivity index (χ3v) is 8.75. The zero-order chi connectivity index (χ0) is 20.9. The molecule has 0 N–H and O–H groups in total. The minimum atomic E-state index is 0.105. The first-order valence-corrected chi connectivity index (χ1v) is 13.1. The molecule has 0 aliphatic heterocycles. The Bertz CT molecular complexity index is 717. The molecule has 0 bridgehead atoms. The minimum Gasteiger partial charge on any atom is -0.207 e. The van der Waals surface area contributed by atoms with E-state index in [-0.39, 0.29) is 5.82 Å². The normalized spacial score (nSPS) is 31.5. The highest BCUT2D eigenvalue weighted by Crippen LogP contribution is 2.49. The van der Waals surface area contributed by atoms with Gasteiger partial charge in [-0.15, -0.1) is 0 Å². The molecule has 0 radical (unpaired) electrons. The number of fused-ring (bicyclic) bond motifs is 2. The van der Waals surface area contributed by atoms with Crippen LogP contribution in [0.2, 0.25) is 0 Å². The molecule has 2 fully saturated rings. The van der Waals surface area contributed by atoms with Gasteiger partial charge in [0.2, 0.25) is 0 Å². The summed E-state index contributed by atoms with van der Waals surface area (Å²) in [5.41, 5.74) is 3.85. The first kappa shape index (κ1) is 22.1. The van der Waals surface area contributed by atoms with Crippen molar-refractivity contribution < 1.29 is 4.39 Å². The number of hydrogen-bond acceptors (Lipinski definition) is 0. The van der Waals surface area contributed by atoms with Gasteiger partial charge in [0, 0.05) is 0 Å². The highest BCUT2D eigenvalue weighted by molar-refractivity contribution is 5.37. The van der Waals surface area contributed by atoms with Crippen molar-refractivity contribution in [3.63, 3.8) is 0 Å². The summed E-state index contributed by atoms with van der Waals surface area (Å²) in [6.07, 6.45) is 22.6. The van der Waals surface area contributed by atoms with Crippen molar-refractivity contribution in [1.82, 2.24) is 0 Å². The maximum absolute atomic E-state index is 15.2. The number of benzene rings is 1. The van der Waals surface area contributed by atoms with Gasteiger partial charge in [-0.3, -0.25) is 0 Å². The molecule has 5 atom stereocenters. The van der Waals surface area contributed by atoms with E-state index in [1.54, 1.807) is 0 Å². The van der Waals surface area contributed by atoms with Crippen LogP contribution in [0.4, 0.5) is 4.39 Å². The average Bonchev–Trinajstić information content (AvgIpc) is 2.77. The molecule has 1 heteroatoms.